The van der Waals surface area contributed by atoms with Gasteiger partial charge < -0.3 is 0 Å². The first kappa shape index (κ1) is 39.8. The molecule has 0 atom stereocenters. The van der Waals surface area contributed by atoms with Crippen molar-refractivity contribution in [2.24, 2.45) is 0 Å². The van der Waals surface area contributed by atoms with Gasteiger partial charge in [0.25, 0.3) is 0 Å². The lowest BCUT2D eigenvalue weighted by Gasteiger charge is -2.04. The summed E-state index contributed by atoms with van der Waals surface area (Å²) < 4.78 is 3.98. The van der Waals surface area contributed by atoms with Crippen molar-refractivity contribution >= 4 is 83.4 Å². The maximum atomic E-state index is 5.88. The summed E-state index contributed by atoms with van der Waals surface area (Å²) in [4.78, 5) is 0. The van der Waals surface area contributed by atoms with Gasteiger partial charge in [-0.15, -0.1) is 0 Å². The molecule has 3 heterocycles. The third-order valence-electron chi connectivity index (χ3n) is 8.67. The summed E-state index contributed by atoms with van der Waals surface area (Å²) in [5.41, 5.74) is 10.7. The summed E-state index contributed by atoms with van der Waals surface area (Å²) in [6.45, 7) is 7.80. The van der Waals surface area contributed by atoms with Gasteiger partial charge in [-0.3, -0.25) is 14.5 Å². The van der Waals surface area contributed by atoms with Crippen LogP contribution < -0.4 is 0 Å². The van der Waals surface area contributed by atoms with Gasteiger partial charge in [-0.05, 0) is 110 Å². The number of aromatic nitrogens is 6. The van der Waals surface area contributed by atoms with Crippen LogP contribution >= 0.6 is 50.7 Å². The molecule has 0 bridgehead atoms. The van der Waals surface area contributed by atoms with Gasteiger partial charge in [0.1, 0.15) is 0 Å². The predicted octanol–water partition coefficient (Wildman–Crippen LogP) is 13.2. The van der Waals surface area contributed by atoms with E-state index in [-0.39, 0.29) is 0 Å². The van der Waals surface area contributed by atoms with Gasteiger partial charge in [0.15, 0.2) is 0 Å². The van der Waals surface area contributed by atoms with E-state index in [1.807, 2.05) is 101 Å². The molecule has 0 saturated heterocycles. The van der Waals surface area contributed by atoms with Crippen LogP contribution in [0.4, 0.5) is 0 Å². The molecular weight excluding hydrogens is 811 g/mol. The lowest BCUT2D eigenvalue weighted by atomic mass is 10.2. The number of halogens is 4. The largest absolute Gasteiger partial charge is 0.278 e. The highest BCUT2D eigenvalue weighted by Crippen LogP contribution is 2.19. The molecule has 0 spiro atoms. The Morgan fingerprint density at radius 2 is 1.09 bits per heavy atom. The molecule has 0 fully saturated rings. The molecule has 0 unspecified atom stereocenters. The highest BCUT2D eigenvalue weighted by atomic mass is 79.9. The number of benzene rings is 6. The topological polar surface area (TPSA) is 64.3 Å². The summed E-state index contributed by atoms with van der Waals surface area (Å²) >= 11 is 20.7. The van der Waals surface area contributed by atoms with Gasteiger partial charge in [0.05, 0.1) is 42.0 Å². The average Bonchev–Trinajstić information content (AvgIpc) is 3.92. The fourth-order valence-electron chi connectivity index (χ4n) is 5.78. The minimum atomic E-state index is 0.764. The van der Waals surface area contributed by atoms with Gasteiger partial charge in [0, 0.05) is 42.8 Å². The summed E-state index contributed by atoms with van der Waals surface area (Å²) in [7, 11) is 0. The highest BCUT2D eigenvalue weighted by molar-refractivity contribution is 9.08. The third-order valence-corrected chi connectivity index (χ3v) is 10.1. The number of aromatic amines is 1. The van der Waals surface area contributed by atoms with Gasteiger partial charge >= 0.3 is 0 Å². The molecule has 0 saturated carbocycles. The van der Waals surface area contributed by atoms with Crippen LogP contribution in [0.25, 0.3) is 32.7 Å². The van der Waals surface area contributed by atoms with Crippen LogP contribution in [0.1, 0.15) is 33.4 Å². The van der Waals surface area contributed by atoms with Crippen molar-refractivity contribution in [2.45, 2.75) is 39.2 Å². The fourth-order valence-corrected chi connectivity index (χ4v) is 6.54. The molecule has 6 nitrogen and oxygen atoms in total. The minimum Gasteiger partial charge on any atom is -0.278 e. The van der Waals surface area contributed by atoms with Crippen LogP contribution in [0, 0.1) is 20.8 Å². The van der Waals surface area contributed by atoms with E-state index in [0.717, 1.165) is 50.0 Å². The fraction of sp³-hybridized carbons (Fsp3) is 0.133. The van der Waals surface area contributed by atoms with Crippen molar-refractivity contribution in [1.82, 2.24) is 29.8 Å². The first-order valence-electron chi connectivity index (χ1n) is 17.7. The first-order chi connectivity index (χ1) is 26.6. The zero-order chi connectivity index (χ0) is 38.7. The molecule has 0 aliphatic heterocycles. The quantitative estimate of drug-likeness (QED) is 0.175. The SMILES string of the molecule is Cc1ccc2[nH]ncc2c1.Cc1ccc2c(cnn2Cc2ccc(Cl)cc2)c1.Cc1ccc2nn(Cc3ccc(Cl)cc3)cc2c1.Clc1ccc(CBr)cc1. The molecule has 3 aromatic heterocycles. The van der Waals surface area contributed by atoms with Crippen molar-refractivity contribution < 1.29 is 0 Å². The molecule has 9 aromatic rings. The number of H-pyrrole nitrogens is 1. The lowest BCUT2D eigenvalue weighted by molar-refractivity contribution is 0.696. The third kappa shape index (κ3) is 11.5. The van der Waals surface area contributed by atoms with E-state index in [1.165, 1.54) is 49.5 Å². The van der Waals surface area contributed by atoms with Crippen molar-refractivity contribution in [3.05, 3.63) is 194 Å². The Labute approximate surface area is 344 Å². The van der Waals surface area contributed by atoms with E-state index in [0.29, 0.717) is 0 Å². The molecule has 278 valence electrons. The van der Waals surface area contributed by atoms with Gasteiger partial charge in [-0.1, -0.05) is 122 Å². The summed E-state index contributed by atoms with van der Waals surface area (Å²) in [6, 6.07) is 42.4. The maximum Gasteiger partial charge on any atom is 0.0923 e. The second-order valence-corrected chi connectivity index (χ2v) is 15.1. The Bertz CT molecular complexity index is 2580. The van der Waals surface area contributed by atoms with Crippen molar-refractivity contribution in [2.75, 3.05) is 0 Å². The second kappa shape index (κ2) is 19.1. The number of fused-ring (bicyclic) bond motifs is 3. The molecule has 55 heavy (non-hydrogen) atoms. The number of alkyl halides is 1. The van der Waals surface area contributed by atoms with Crippen molar-refractivity contribution in [1.29, 1.82) is 0 Å². The van der Waals surface area contributed by atoms with Crippen LogP contribution in [-0.4, -0.2) is 29.8 Å². The second-order valence-electron chi connectivity index (χ2n) is 13.2. The van der Waals surface area contributed by atoms with Gasteiger partial charge in [-0.2, -0.15) is 15.3 Å². The van der Waals surface area contributed by atoms with Crippen molar-refractivity contribution in [3.63, 3.8) is 0 Å². The predicted molar refractivity (Wildman–Crippen MR) is 235 cm³/mol. The number of nitrogens with one attached hydrogen (secondary N) is 1. The smallest absolute Gasteiger partial charge is 0.0923 e. The highest BCUT2D eigenvalue weighted by Gasteiger charge is 2.04. The molecule has 9 rings (SSSR count). The van der Waals surface area contributed by atoms with E-state index in [1.54, 1.807) is 0 Å². The summed E-state index contributed by atoms with van der Waals surface area (Å²) in [5.74, 6) is 0. The lowest BCUT2D eigenvalue weighted by Crippen LogP contribution is -2.00. The minimum absolute atomic E-state index is 0.764. The van der Waals surface area contributed by atoms with Crippen molar-refractivity contribution in [3.8, 4) is 0 Å². The Kier molecular flexibility index (Phi) is 13.8. The first-order valence-corrected chi connectivity index (χ1v) is 19.9. The monoisotopic (exact) mass is 848 g/mol. The van der Waals surface area contributed by atoms with Crippen LogP contribution in [0.15, 0.2) is 146 Å². The van der Waals surface area contributed by atoms with E-state index in [4.69, 9.17) is 34.8 Å². The molecule has 0 amide bonds. The Balaban J connectivity index is 0.000000130. The Morgan fingerprint density at radius 3 is 1.71 bits per heavy atom. The molecule has 0 aliphatic carbocycles. The van der Waals surface area contributed by atoms with Crippen LogP contribution in [0.5, 0.6) is 0 Å². The standard InChI is InChI=1S/2C15H13ClN2.C8H8N2.C7H6BrCl/c1-11-2-7-15-13(8-11)9-17-18(15)10-12-3-5-14(16)6-4-12;1-11-2-7-15-13(8-11)10-18(17-15)9-12-3-5-14(16)6-4-12;1-6-2-3-8-7(4-6)5-9-10-8;8-5-6-1-3-7(9)4-2-6/h2-9H,10H2,1H3;2-8,10H,9H2,1H3;2-5H,1H3,(H,9,10);1-4H,5H2. The number of rotatable bonds is 5. The molecule has 1 N–H and O–H groups in total. The van der Waals surface area contributed by atoms with E-state index in [9.17, 15) is 0 Å². The summed E-state index contributed by atoms with van der Waals surface area (Å²) in [6.07, 6.45) is 5.83. The summed E-state index contributed by atoms with van der Waals surface area (Å²) in [5, 5.41) is 22.6. The number of hydrogen-bond acceptors (Lipinski definition) is 3. The maximum absolute atomic E-state index is 5.88. The van der Waals surface area contributed by atoms with E-state index in [2.05, 4.69) is 112 Å². The molecule has 0 aliphatic rings. The van der Waals surface area contributed by atoms with E-state index >= 15 is 0 Å². The van der Waals surface area contributed by atoms with Gasteiger partial charge in [-0.25, -0.2) is 0 Å². The zero-order valence-corrected chi connectivity index (χ0v) is 34.6. The van der Waals surface area contributed by atoms with Crippen LogP contribution in [0.2, 0.25) is 15.1 Å². The number of aryl methyl sites for hydroxylation is 3. The van der Waals surface area contributed by atoms with E-state index < -0.39 is 0 Å². The van der Waals surface area contributed by atoms with Crippen LogP contribution in [0.3, 0.4) is 0 Å². The zero-order valence-electron chi connectivity index (χ0n) is 30.7. The molecule has 0 radical (unpaired) electrons. The Hall–Kier alpha value is -4.92. The normalized spacial score (nSPS) is 10.7. The molecule has 6 aromatic carbocycles. The molecular formula is C45H40BrCl3N6. The van der Waals surface area contributed by atoms with Gasteiger partial charge in [0.2, 0.25) is 0 Å². The number of hydrogen-bond donors (Lipinski definition) is 1. The average molecular weight is 851 g/mol. The molecule has 10 heteroatoms. The van der Waals surface area contributed by atoms with Crippen LogP contribution in [-0.2, 0) is 18.4 Å². The number of nitrogens with zero attached hydrogens (tertiary/aromatic N) is 5. The Morgan fingerprint density at radius 1 is 0.564 bits per heavy atom.